The minimum atomic E-state index is -0.300. The quantitative estimate of drug-likeness (QED) is 0.896. The first-order valence-electron chi connectivity index (χ1n) is 4.59. The van der Waals surface area contributed by atoms with Gasteiger partial charge in [0.1, 0.15) is 11.9 Å². The molecule has 0 saturated heterocycles. The molecule has 2 rings (SSSR count). The Morgan fingerprint density at radius 3 is 3.00 bits per heavy atom. The van der Waals surface area contributed by atoms with Crippen LogP contribution in [0.2, 0.25) is 0 Å². The van der Waals surface area contributed by atoms with Crippen LogP contribution in [0.3, 0.4) is 0 Å². The van der Waals surface area contributed by atoms with E-state index in [0.29, 0.717) is 17.4 Å². The molecule has 1 unspecified atom stereocenters. The number of hydrogen-bond acceptors (Lipinski definition) is 3. The van der Waals surface area contributed by atoms with E-state index in [1.54, 1.807) is 12.1 Å². The molecule has 1 aromatic rings. The van der Waals surface area contributed by atoms with Gasteiger partial charge in [-0.1, -0.05) is 11.2 Å². The van der Waals surface area contributed by atoms with Crippen molar-refractivity contribution in [3.8, 4) is 0 Å². The average Bonchev–Trinajstić information content (AvgIpc) is 2.70. The molecule has 0 bridgehead atoms. The Kier molecular flexibility index (Phi) is 3.02. The van der Waals surface area contributed by atoms with Gasteiger partial charge in [0.25, 0.3) is 0 Å². The highest BCUT2D eigenvalue weighted by Gasteiger charge is 2.21. The zero-order valence-corrected chi connectivity index (χ0v) is 9.50. The summed E-state index contributed by atoms with van der Waals surface area (Å²) in [5, 5.41) is 3.88. The molecule has 15 heavy (non-hydrogen) atoms. The van der Waals surface area contributed by atoms with Gasteiger partial charge in [-0.15, -0.1) is 0 Å². The van der Waals surface area contributed by atoms with Crippen molar-refractivity contribution in [1.29, 1.82) is 0 Å². The molecule has 1 heterocycles. The highest BCUT2D eigenvalue weighted by atomic mass is 79.9. The minimum Gasteiger partial charge on any atom is -0.390 e. The van der Waals surface area contributed by atoms with Crippen molar-refractivity contribution < 1.29 is 9.23 Å². The first kappa shape index (κ1) is 10.6. The van der Waals surface area contributed by atoms with Crippen molar-refractivity contribution in [3.63, 3.8) is 0 Å². The number of nitrogens with zero attached hydrogens (tertiary/aromatic N) is 1. The molecule has 80 valence electrons. The van der Waals surface area contributed by atoms with E-state index in [0.717, 1.165) is 11.3 Å². The second-order valence-corrected chi connectivity index (χ2v) is 4.19. The van der Waals surface area contributed by atoms with Gasteiger partial charge in [0, 0.05) is 18.5 Å². The monoisotopic (exact) mass is 272 g/mol. The van der Waals surface area contributed by atoms with E-state index in [2.05, 4.69) is 21.1 Å². The number of halogens is 2. The molecular weight excluding hydrogens is 263 g/mol. The highest BCUT2D eigenvalue weighted by Crippen LogP contribution is 2.20. The maximum absolute atomic E-state index is 13.2. The molecule has 0 aliphatic carbocycles. The fourth-order valence-electron chi connectivity index (χ4n) is 1.40. The topological polar surface area (TPSA) is 47.6 Å². The number of nitrogens with two attached hydrogens (primary N) is 1. The summed E-state index contributed by atoms with van der Waals surface area (Å²) >= 11 is 3.10. The Hall–Kier alpha value is -0.940. The summed E-state index contributed by atoms with van der Waals surface area (Å²) in [6.45, 7) is 0.423. The zero-order chi connectivity index (χ0) is 10.8. The molecule has 3 nitrogen and oxygen atoms in total. The predicted molar refractivity (Wildman–Crippen MR) is 59.2 cm³/mol. The predicted octanol–water partition coefficient (Wildman–Crippen LogP) is 2.04. The molecule has 0 aromatic heterocycles. The van der Waals surface area contributed by atoms with E-state index in [1.807, 2.05) is 0 Å². The van der Waals surface area contributed by atoms with E-state index in [1.165, 1.54) is 6.07 Å². The molecule has 0 saturated carbocycles. The van der Waals surface area contributed by atoms with E-state index < -0.39 is 0 Å². The van der Waals surface area contributed by atoms with Gasteiger partial charge in [-0.25, -0.2) is 4.39 Å². The van der Waals surface area contributed by atoms with Crippen LogP contribution in [0.1, 0.15) is 12.0 Å². The molecule has 0 amide bonds. The Balaban J connectivity index is 2.21. The molecule has 0 spiro atoms. The van der Waals surface area contributed by atoms with Crippen molar-refractivity contribution in [2.45, 2.75) is 12.5 Å². The molecule has 0 fully saturated rings. The zero-order valence-electron chi connectivity index (χ0n) is 7.91. The summed E-state index contributed by atoms with van der Waals surface area (Å²) < 4.78 is 13.7. The van der Waals surface area contributed by atoms with E-state index in [-0.39, 0.29) is 11.9 Å². The summed E-state index contributed by atoms with van der Waals surface area (Å²) in [4.78, 5) is 5.07. The number of benzene rings is 1. The Morgan fingerprint density at radius 2 is 2.40 bits per heavy atom. The van der Waals surface area contributed by atoms with Crippen LogP contribution < -0.4 is 5.73 Å². The largest absolute Gasteiger partial charge is 0.390 e. The molecule has 2 N–H and O–H groups in total. The Labute approximate surface area is 95.2 Å². The van der Waals surface area contributed by atoms with Gasteiger partial charge < -0.3 is 10.6 Å². The van der Waals surface area contributed by atoms with Gasteiger partial charge in [-0.3, -0.25) is 0 Å². The second-order valence-electron chi connectivity index (χ2n) is 3.33. The fraction of sp³-hybridized carbons (Fsp3) is 0.300. The molecular formula is C10H10BrFN2O. The third kappa shape index (κ3) is 2.18. The number of hydrogen-bond donors (Lipinski definition) is 1. The van der Waals surface area contributed by atoms with Gasteiger partial charge in [-0.05, 0) is 28.1 Å². The van der Waals surface area contributed by atoms with Crippen molar-refractivity contribution >= 4 is 21.6 Å². The number of oxime groups is 1. The van der Waals surface area contributed by atoms with Crippen LogP contribution in [0, 0.1) is 5.82 Å². The van der Waals surface area contributed by atoms with E-state index in [4.69, 9.17) is 10.6 Å². The molecule has 1 aromatic carbocycles. The van der Waals surface area contributed by atoms with Crippen LogP contribution in [0.15, 0.2) is 27.8 Å². The molecule has 1 aliphatic rings. The second kappa shape index (κ2) is 4.28. The molecule has 0 radical (unpaired) electrons. The third-order valence-corrected chi connectivity index (χ3v) is 2.89. The van der Waals surface area contributed by atoms with Gasteiger partial charge >= 0.3 is 0 Å². The first-order chi connectivity index (χ1) is 7.20. The lowest BCUT2D eigenvalue weighted by atomic mass is 10.1. The van der Waals surface area contributed by atoms with E-state index in [9.17, 15) is 4.39 Å². The Bertz CT molecular complexity index is 408. The van der Waals surface area contributed by atoms with Gasteiger partial charge in [0.05, 0.1) is 10.2 Å². The summed E-state index contributed by atoms with van der Waals surface area (Å²) in [7, 11) is 0. The van der Waals surface area contributed by atoms with Crippen molar-refractivity contribution in [2.24, 2.45) is 10.9 Å². The molecule has 1 aliphatic heterocycles. The lowest BCUT2D eigenvalue weighted by Gasteiger charge is -2.02. The SMILES string of the molecule is NCC1CC(c2ccc(Br)c(F)c2)=NO1. The first-order valence-corrected chi connectivity index (χ1v) is 5.38. The number of rotatable bonds is 2. The normalized spacial score (nSPS) is 19.9. The van der Waals surface area contributed by atoms with Crippen LogP contribution in [0.5, 0.6) is 0 Å². The maximum Gasteiger partial charge on any atom is 0.145 e. The summed E-state index contributed by atoms with van der Waals surface area (Å²) in [5.41, 5.74) is 6.94. The molecule has 5 heteroatoms. The standard InChI is InChI=1S/C10H10BrFN2O/c11-8-2-1-6(3-9(8)12)10-4-7(5-13)15-14-10/h1-3,7H,4-5,13H2. The van der Waals surface area contributed by atoms with E-state index >= 15 is 0 Å². The Morgan fingerprint density at radius 1 is 1.60 bits per heavy atom. The van der Waals surface area contributed by atoms with Gasteiger partial charge in [0.2, 0.25) is 0 Å². The average molecular weight is 273 g/mol. The van der Waals surface area contributed by atoms with Crippen LogP contribution in [0.25, 0.3) is 0 Å². The van der Waals surface area contributed by atoms with Gasteiger partial charge in [0.15, 0.2) is 0 Å². The fourth-order valence-corrected chi connectivity index (χ4v) is 1.65. The summed E-state index contributed by atoms with van der Waals surface area (Å²) in [6.07, 6.45) is 0.559. The minimum absolute atomic E-state index is 0.0771. The van der Waals surface area contributed by atoms with Crippen LogP contribution in [-0.4, -0.2) is 18.4 Å². The van der Waals surface area contributed by atoms with Gasteiger partial charge in [-0.2, -0.15) is 0 Å². The van der Waals surface area contributed by atoms with Crippen LogP contribution in [-0.2, 0) is 4.84 Å². The third-order valence-electron chi connectivity index (χ3n) is 2.25. The van der Waals surface area contributed by atoms with Crippen molar-refractivity contribution in [3.05, 3.63) is 34.1 Å². The summed E-state index contributed by atoms with van der Waals surface area (Å²) in [6, 6.07) is 4.89. The van der Waals surface area contributed by atoms with Crippen LogP contribution >= 0.6 is 15.9 Å². The summed E-state index contributed by atoms with van der Waals surface area (Å²) in [5.74, 6) is -0.300. The lowest BCUT2D eigenvalue weighted by molar-refractivity contribution is 0.0918. The van der Waals surface area contributed by atoms with Crippen LogP contribution in [0.4, 0.5) is 4.39 Å². The smallest absolute Gasteiger partial charge is 0.145 e. The highest BCUT2D eigenvalue weighted by molar-refractivity contribution is 9.10. The maximum atomic E-state index is 13.2. The molecule has 1 atom stereocenters. The lowest BCUT2D eigenvalue weighted by Crippen LogP contribution is -2.20. The van der Waals surface area contributed by atoms with Crippen molar-refractivity contribution in [2.75, 3.05) is 6.54 Å². The van der Waals surface area contributed by atoms with Crippen molar-refractivity contribution in [1.82, 2.24) is 0 Å².